The lowest BCUT2D eigenvalue weighted by atomic mass is 9.82. The Bertz CT molecular complexity index is 3770. The SMILES string of the molecule is CC1(C)c2ccccc2-c2ccc(N(c3cc4ccccc4c4ccccc34)c3cccc4c3oc3c(-c5cccc6c5sc5ccccc56)c5ccccc5cc34)cc21. The zero-order valence-corrected chi connectivity index (χ0v) is 34.0. The molecule has 2 aromatic heterocycles. The third-order valence-electron chi connectivity index (χ3n) is 13.2. The van der Waals surface area contributed by atoms with Crippen LogP contribution in [0.1, 0.15) is 25.0 Å². The van der Waals surface area contributed by atoms with Crippen molar-refractivity contribution in [2.75, 3.05) is 4.90 Å². The molecular formula is C57H37NOS. The number of furan rings is 1. The van der Waals surface area contributed by atoms with Gasteiger partial charge in [-0.2, -0.15) is 0 Å². The fraction of sp³-hybridized carbons (Fsp3) is 0.0526. The van der Waals surface area contributed by atoms with Gasteiger partial charge in [-0.1, -0.05) is 166 Å². The lowest BCUT2D eigenvalue weighted by Gasteiger charge is -2.29. The van der Waals surface area contributed by atoms with Gasteiger partial charge in [0.15, 0.2) is 5.58 Å². The Labute approximate surface area is 351 Å². The van der Waals surface area contributed by atoms with Crippen molar-refractivity contribution in [3.63, 3.8) is 0 Å². The van der Waals surface area contributed by atoms with Crippen molar-refractivity contribution in [2.24, 2.45) is 0 Å². The molecule has 10 aromatic carbocycles. The van der Waals surface area contributed by atoms with E-state index in [1.807, 2.05) is 11.3 Å². The van der Waals surface area contributed by atoms with Gasteiger partial charge in [-0.3, -0.25) is 0 Å². The van der Waals surface area contributed by atoms with Crippen molar-refractivity contribution in [3.05, 3.63) is 199 Å². The minimum Gasteiger partial charge on any atom is -0.453 e. The van der Waals surface area contributed by atoms with Crippen molar-refractivity contribution in [3.8, 4) is 22.3 Å². The fourth-order valence-electron chi connectivity index (χ4n) is 10.4. The molecule has 0 saturated heterocycles. The number of hydrogen-bond acceptors (Lipinski definition) is 3. The zero-order chi connectivity index (χ0) is 39.7. The third kappa shape index (κ3) is 4.64. The van der Waals surface area contributed by atoms with Crippen LogP contribution in [0.4, 0.5) is 17.1 Å². The molecule has 0 saturated carbocycles. The molecule has 0 N–H and O–H groups in total. The Morgan fingerprint density at radius 2 is 1.05 bits per heavy atom. The van der Waals surface area contributed by atoms with Crippen molar-refractivity contribution in [1.29, 1.82) is 0 Å². The average Bonchev–Trinajstić information content (AvgIpc) is 3.94. The Balaban J connectivity index is 1.14. The molecule has 0 aliphatic heterocycles. The smallest absolute Gasteiger partial charge is 0.159 e. The number of nitrogens with zero attached hydrogens (tertiary/aromatic N) is 1. The fourth-order valence-corrected chi connectivity index (χ4v) is 11.6. The Hall–Kier alpha value is -7.20. The summed E-state index contributed by atoms with van der Waals surface area (Å²) in [4.78, 5) is 2.46. The molecule has 1 aliphatic carbocycles. The molecule has 1 aliphatic rings. The molecule has 12 aromatic rings. The average molecular weight is 784 g/mol. The molecule has 282 valence electrons. The molecular weight excluding hydrogens is 747 g/mol. The second-order valence-electron chi connectivity index (χ2n) is 16.8. The number of anilines is 3. The Kier molecular flexibility index (Phi) is 6.98. The van der Waals surface area contributed by atoms with Gasteiger partial charge in [-0.05, 0) is 85.6 Å². The highest BCUT2D eigenvalue weighted by Crippen LogP contribution is 2.53. The van der Waals surface area contributed by atoms with Crippen molar-refractivity contribution in [1.82, 2.24) is 0 Å². The Morgan fingerprint density at radius 1 is 0.417 bits per heavy atom. The molecule has 0 amide bonds. The highest BCUT2D eigenvalue weighted by atomic mass is 32.1. The van der Waals surface area contributed by atoms with Gasteiger partial charge in [0.25, 0.3) is 0 Å². The van der Waals surface area contributed by atoms with Crippen molar-refractivity contribution >= 4 is 103 Å². The molecule has 0 atom stereocenters. The highest BCUT2D eigenvalue weighted by molar-refractivity contribution is 7.26. The summed E-state index contributed by atoms with van der Waals surface area (Å²) in [5.74, 6) is 0. The van der Waals surface area contributed by atoms with Gasteiger partial charge in [-0.15, -0.1) is 11.3 Å². The van der Waals surface area contributed by atoms with Gasteiger partial charge in [0.05, 0.1) is 11.4 Å². The maximum atomic E-state index is 7.47. The third-order valence-corrected chi connectivity index (χ3v) is 14.4. The van der Waals surface area contributed by atoms with Gasteiger partial charge in [0.2, 0.25) is 0 Å². The van der Waals surface area contributed by atoms with E-state index in [0.717, 1.165) is 44.6 Å². The van der Waals surface area contributed by atoms with E-state index >= 15 is 0 Å². The normalized spacial score (nSPS) is 13.3. The summed E-state index contributed by atoms with van der Waals surface area (Å²) in [5.41, 5.74) is 12.5. The summed E-state index contributed by atoms with van der Waals surface area (Å²) in [7, 11) is 0. The zero-order valence-electron chi connectivity index (χ0n) is 33.2. The van der Waals surface area contributed by atoms with Gasteiger partial charge >= 0.3 is 0 Å². The Morgan fingerprint density at radius 3 is 1.92 bits per heavy atom. The molecule has 2 heterocycles. The summed E-state index contributed by atoms with van der Waals surface area (Å²) in [6.45, 7) is 4.72. The van der Waals surface area contributed by atoms with E-state index in [9.17, 15) is 0 Å². The van der Waals surface area contributed by atoms with Gasteiger partial charge in [0, 0.05) is 58.6 Å². The van der Waals surface area contributed by atoms with Crippen LogP contribution in [0, 0.1) is 0 Å². The minimum absolute atomic E-state index is 0.160. The monoisotopic (exact) mass is 783 g/mol. The van der Waals surface area contributed by atoms with Crippen LogP contribution in [0.5, 0.6) is 0 Å². The quantitative estimate of drug-likeness (QED) is 0.165. The summed E-state index contributed by atoms with van der Waals surface area (Å²) in [6.07, 6.45) is 0. The maximum absolute atomic E-state index is 7.47. The first-order chi connectivity index (χ1) is 29.5. The molecule has 60 heavy (non-hydrogen) atoms. The van der Waals surface area contributed by atoms with E-state index in [4.69, 9.17) is 4.42 Å². The van der Waals surface area contributed by atoms with Crippen molar-refractivity contribution in [2.45, 2.75) is 19.3 Å². The van der Waals surface area contributed by atoms with Gasteiger partial charge in [0.1, 0.15) is 5.58 Å². The van der Waals surface area contributed by atoms with Crippen molar-refractivity contribution < 1.29 is 4.42 Å². The standard InChI is InChI=1S/C57H37NOS/c1-57(2)48-26-11-9-20-40(48)41-30-29-36(33-49(41)57)58(51-32-35-16-3-5-17-37(35)39-19-7-8-21-42(39)51)50-27-14-23-44-47-31-34-15-4-6-18-38(34)53(55(47)59-54(44)50)46-25-13-24-45-43-22-10-12-28-52(43)60-56(45)46/h3-33H,1-2H3. The molecule has 0 fully saturated rings. The molecule has 13 rings (SSSR count). The lowest BCUT2D eigenvalue weighted by Crippen LogP contribution is -2.16. The van der Waals surface area contributed by atoms with Crippen LogP contribution in [0.25, 0.3) is 96.7 Å². The predicted molar refractivity (Wildman–Crippen MR) is 257 cm³/mol. The molecule has 0 unspecified atom stereocenters. The first kappa shape index (κ1) is 33.7. The number of thiophene rings is 1. The van der Waals surface area contributed by atoms with E-state index < -0.39 is 0 Å². The topological polar surface area (TPSA) is 16.4 Å². The molecule has 0 radical (unpaired) electrons. The summed E-state index contributed by atoms with van der Waals surface area (Å²) in [5, 5.41) is 12.0. The minimum atomic E-state index is -0.160. The van der Waals surface area contributed by atoms with Crippen LogP contribution in [0.15, 0.2) is 192 Å². The molecule has 3 heteroatoms. The molecule has 0 bridgehead atoms. The van der Waals surface area contributed by atoms with Crippen LogP contribution < -0.4 is 4.90 Å². The van der Waals surface area contributed by atoms with Gasteiger partial charge in [-0.25, -0.2) is 0 Å². The van der Waals surface area contributed by atoms with Crippen LogP contribution in [0.3, 0.4) is 0 Å². The predicted octanol–water partition coefficient (Wildman–Crippen LogP) is 16.9. The van der Waals surface area contributed by atoms with E-state index in [1.165, 1.54) is 80.3 Å². The van der Waals surface area contributed by atoms with Crippen LogP contribution >= 0.6 is 11.3 Å². The number of benzene rings is 10. The summed E-state index contributed by atoms with van der Waals surface area (Å²) in [6, 6.07) is 69.3. The number of para-hydroxylation sites is 1. The summed E-state index contributed by atoms with van der Waals surface area (Å²) >= 11 is 1.87. The molecule has 0 spiro atoms. The largest absolute Gasteiger partial charge is 0.453 e. The van der Waals surface area contributed by atoms with Crippen LogP contribution in [0.2, 0.25) is 0 Å². The van der Waals surface area contributed by atoms with E-state index in [1.54, 1.807) is 0 Å². The number of rotatable bonds is 4. The highest BCUT2D eigenvalue weighted by Gasteiger charge is 2.36. The van der Waals surface area contributed by atoms with Crippen LogP contribution in [-0.4, -0.2) is 0 Å². The maximum Gasteiger partial charge on any atom is 0.159 e. The van der Waals surface area contributed by atoms with E-state index in [-0.39, 0.29) is 5.41 Å². The number of fused-ring (bicyclic) bond motifs is 13. The molecule has 2 nitrogen and oxygen atoms in total. The first-order valence-electron chi connectivity index (χ1n) is 20.8. The first-order valence-corrected chi connectivity index (χ1v) is 21.6. The summed E-state index contributed by atoms with van der Waals surface area (Å²) < 4.78 is 10.0. The van der Waals surface area contributed by atoms with Gasteiger partial charge < -0.3 is 9.32 Å². The second-order valence-corrected chi connectivity index (χ2v) is 17.8. The van der Waals surface area contributed by atoms with E-state index in [2.05, 4.69) is 207 Å². The number of hydrogen-bond donors (Lipinski definition) is 0. The lowest BCUT2D eigenvalue weighted by molar-refractivity contribution is 0.660. The second kappa shape index (κ2) is 12.4. The van der Waals surface area contributed by atoms with Crippen LogP contribution in [-0.2, 0) is 5.41 Å². The van der Waals surface area contributed by atoms with E-state index in [0.29, 0.717) is 0 Å².